The molecule has 0 N–H and O–H groups in total. The minimum atomic E-state index is 0.193. The van der Waals surface area contributed by atoms with Gasteiger partial charge in [0, 0.05) is 11.3 Å². The van der Waals surface area contributed by atoms with Crippen LogP contribution >= 0.6 is 23.2 Å². The average Bonchev–Trinajstić information content (AvgIpc) is 2.04. The van der Waals surface area contributed by atoms with Crippen molar-refractivity contribution in [3.63, 3.8) is 0 Å². The Morgan fingerprint density at radius 1 is 1.09 bits per heavy atom. The molecule has 0 heterocycles. The van der Waals surface area contributed by atoms with E-state index in [4.69, 9.17) is 23.2 Å². The van der Waals surface area contributed by atoms with Gasteiger partial charge < -0.3 is 0 Å². The Balaban J connectivity index is 2.89. The zero-order chi connectivity index (χ0) is 8.53. The van der Waals surface area contributed by atoms with Gasteiger partial charge in [0.05, 0.1) is 0 Å². The van der Waals surface area contributed by atoms with Gasteiger partial charge in [-0.3, -0.25) is 0 Å². The lowest BCUT2D eigenvalue weighted by Crippen LogP contribution is -1.98. The van der Waals surface area contributed by atoms with Crippen LogP contribution in [0, 0.1) is 0 Å². The van der Waals surface area contributed by atoms with Gasteiger partial charge >= 0.3 is 0 Å². The van der Waals surface area contributed by atoms with Crippen molar-refractivity contribution in [2.45, 2.75) is 50.8 Å². The van der Waals surface area contributed by atoms with Crippen LogP contribution < -0.4 is 0 Å². The van der Waals surface area contributed by atoms with Crippen LogP contribution in [-0.4, -0.2) is 11.3 Å². The molecule has 0 bridgehead atoms. The Morgan fingerprint density at radius 2 is 1.73 bits per heavy atom. The van der Waals surface area contributed by atoms with Gasteiger partial charge in [0.25, 0.3) is 0 Å². The fraction of sp³-hybridized carbons (Fsp3) is 1.00. The number of hydrogen-bond acceptors (Lipinski definition) is 0. The second-order valence-corrected chi connectivity index (χ2v) is 3.88. The normalized spacial score (nSPS) is 13.4. The summed E-state index contributed by atoms with van der Waals surface area (Å²) in [5.74, 6) is 0.593. The number of hydrogen-bond donors (Lipinski definition) is 0. The molecule has 0 aliphatic rings. The zero-order valence-corrected chi connectivity index (χ0v) is 8.79. The lowest BCUT2D eigenvalue weighted by molar-refractivity contribution is 0.605. The lowest BCUT2D eigenvalue weighted by atomic mass is 10.1. The topological polar surface area (TPSA) is 0 Å². The molecule has 0 nitrogen and oxygen atoms in total. The van der Waals surface area contributed by atoms with Crippen molar-refractivity contribution < 1.29 is 0 Å². The highest BCUT2D eigenvalue weighted by Crippen LogP contribution is 2.11. The quantitative estimate of drug-likeness (QED) is 0.424. The number of alkyl halides is 2. The highest BCUT2D eigenvalue weighted by atomic mass is 35.5. The molecular formula is C9H18Cl2. The highest BCUT2D eigenvalue weighted by Gasteiger charge is 2.00. The predicted molar refractivity (Wildman–Crippen MR) is 53.7 cm³/mol. The maximum absolute atomic E-state index is 5.85. The number of halogens is 2. The Labute approximate surface area is 80.3 Å². The second kappa shape index (κ2) is 8.67. The van der Waals surface area contributed by atoms with E-state index in [9.17, 15) is 0 Å². The zero-order valence-electron chi connectivity index (χ0n) is 7.28. The third-order valence-electron chi connectivity index (χ3n) is 1.79. The van der Waals surface area contributed by atoms with E-state index < -0.39 is 0 Å². The molecule has 1 unspecified atom stereocenters. The van der Waals surface area contributed by atoms with Crippen molar-refractivity contribution in [1.29, 1.82) is 0 Å². The molecule has 0 rings (SSSR count). The SMILES string of the molecule is CCCCCCCC(Cl)CCl. The van der Waals surface area contributed by atoms with Gasteiger partial charge in [0.15, 0.2) is 0 Å². The monoisotopic (exact) mass is 196 g/mol. The standard InChI is InChI=1S/C9H18Cl2/c1-2-3-4-5-6-7-9(11)8-10/h9H,2-8H2,1H3. The molecule has 0 spiro atoms. The molecule has 0 saturated carbocycles. The van der Waals surface area contributed by atoms with Gasteiger partial charge in [0.1, 0.15) is 0 Å². The van der Waals surface area contributed by atoms with Crippen LogP contribution in [0.15, 0.2) is 0 Å². The summed E-state index contributed by atoms with van der Waals surface area (Å²) >= 11 is 11.4. The molecule has 0 fully saturated rings. The van der Waals surface area contributed by atoms with Crippen molar-refractivity contribution in [3.8, 4) is 0 Å². The molecule has 0 amide bonds. The first-order chi connectivity index (χ1) is 5.31. The van der Waals surface area contributed by atoms with E-state index in [2.05, 4.69) is 6.92 Å². The van der Waals surface area contributed by atoms with Crippen molar-refractivity contribution in [2.75, 3.05) is 5.88 Å². The molecule has 0 radical (unpaired) electrons. The van der Waals surface area contributed by atoms with Crippen molar-refractivity contribution in [3.05, 3.63) is 0 Å². The largest absolute Gasteiger partial charge is 0.125 e. The van der Waals surface area contributed by atoms with Crippen molar-refractivity contribution in [2.24, 2.45) is 0 Å². The van der Waals surface area contributed by atoms with Gasteiger partial charge in [-0.2, -0.15) is 0 Å². The molecule has 0 aromatic heterocycles. The first-order valence-electron chi connectivity index (χ1n) is 4.51. The minimum absolute atomic E-state index is 0.193. The smallest absolute Gasteiger partial charge is 0.0471 e. The average molecular weight is 197 g/mol. The summed E-state index contributed by atoms with van der Waals surface area (Å²) < 4.78 is 0. The van der Waals surface area contributed by atoms with Gasteiger partial charge in [-0.1, -0.05) is 39.0 Å². The van der Waals surface area contributed by atoms with Crippen LogP contribution in [-0.2, 0) is 0 Å². The van der Waals surface area contributed by atoms with Gasteiger partial charge in [-0.05, 0) is 6.42 Å². The van der Waals surface area contributed by atoms with Crippen molar-refractivity contribution >= 4 is 23.2 Å². The predicted octanol–water partition coefficient (Wildman–Crippen LogP) is 4.19. The highest BCUT2D eigenvalue weighted by molar-refractivity contribution is 6.28. The Morgan fingerprint density at radius 3 is 2.27 bits per heavy atom. The van der Waals surface area contributed by atoms with E-state index in [0.29, 0.717) is 5.88 Å². The summed E-state index contributed by atoms with van der Waals surface area (Å²) in [5.41, 5.74) is 0. The third-order valence-corrected chi connectivity index (χ3v) is 2.69. The summed E-state index contributed by atoms with van der Waals surface area (Å²) in [4.78, 5) is 0. The van der Waals surface area contributed by atoms with E-state index >= 15 is 0 Å². The molecular weight excluding hydrogens is 179 g/mol. The summed E-state index contributed by atoms with van der Waals surface area (Å²) in [5, 5.41) is 0.193. The first kappa shape index (κ1) is 11.6. The maximum Gasteiger partial charge on any atom is 0.0471 e. The molecule has 0 aromatic rings. The van der Waals surface area contributed by atoms with Crippen LogP contribution in [0.25, 0.3) is 0 Å². The lowest BCUT2D eigenvalue weighted by Gasteiger charge is -2.03. The van der Waals surface area contributed by atoms with Crippen LogP contribution in [0.4, 0.5) is 0 Å². The van der Waals surface area contributed by atoms with Gasteiger partial charge in [-0.15, -0.1) is 23.2 Å². The second-order valence-electron chi connectivity index (χ2n) is 2.95. The minimum Gasteiger partial charge on any atom is -0.125 e. The van der Waals surface area contributed by atoms with E-state index in [1.807, 2.05) is 0 Å². The van der Waals surface area contributed by atoms with Gasteiger partial charge in [-0.25, -0.2) is 0 Å². The Bertz CT molecular complexity index is 74.0. The summed E-state index contributed by atoms with van der Waals surface area (Å²) in [6.45, 7) is 2.23. The van der Waals surface area contributed by atoms with Crippen LogP contribution in [0.3, 0.4) is 0 Å². The summed E-state index contributed by atoms with van der Waals surface area (Å²) in [7, 11) is 0. The molecule has 0 saturated heterocycles. The number of rotatable bonds is 7. The van der Waals surface area contributed by atoms with Crippen LogP contribution in [0.5, 0.6) is 0 Å². The third kappa shape index (κ3) is 8.49. The summed E-state index contributed by atoms with van der Waals surface area (Å²) in [6.07, 6.45) is 7.64. The molecule has 0 aliphatic heterocycles. The Kier molecular flexibility index (Phi) is 9.13. The maximum atomic E-state index is 5.85. The fourth-order valence-electron chi connectivity index (χ4n) is 1.05. The van der Waals surface area contributed by atoms with E-state index in [0.717, 1.165) is 6.42 Å². The first-order valence-corrected chi connectivity index (χ1v) is 5.48. The molecule has 1 atom stereocenters. The number of unbranched alkanes of at least 4 members (excludes halogenated alkanes) is 4. The summed E-state index contributed by atoms with van der Waals surface area (Å²) in [6, 6.07) is 0. The van der Waals surface area contributed by atoms with Crippen molar-refractivity contribution in [1.82, 2.24) is 0 Å². The molecule has 0 aliphatic carbocycles. The van der Waals surface area contributed by atoms with E-state index in [1.165, 1.54) is 32.1 Å². The fourth-order valence-corrected chi connectivity index (χ4v) is 1.36. The van der Waals surface area contributed by atoms with E-state index in [-0.39, 0.29) is 5.38 Å². The van der Waals surface area contributed by atoms with Gasteiger partial charge in [0.2, 0.25) is 0 Å². The molecule has 2 heteroatoms. The molecule has 0 aromatic carbocycles. The molecule has 11 heavy (non-hydrogen) atoms. The molecule has 68 valence electrons. The van der Waals surface area contributed by atoms with Crippen LogP contribution in [0.1, 0.15) is 45.4 Å². The van der Waals surface area contributed by atoms with Crippen LogP contribution in [0.2, 0.25) is 0 Å². The Hall–Kier alpha value is 0.580. The van der Waals surface area contributed by atoms with E-state index in [1.54, 1.807) is 0 Å².